The van der Waals surface area contributed by atoms with Crippen LogP contribution in [0.15, 0.2) is 0 Å². The highest BCUT2D eigenvalue weighted by atomic mass is 32.2. The van der Waals surface area contributed by atoms with Gasteiger partial charge in [0.15, 0.2) is 0 Å². The maximum Gasteiger partial charge on any atom is 0.410 e. The fourth-order valence-corrected chi connectivity index (χ4v) is 2.48. The topological polar surface area (TPSA) is 98.9 Å². The maximum absolute atomic E-state index is 11.9. The largest absolute Gasteiger partial charge is 0.444 e. The second kappa shape index (κ2) is 6.28. The molecular weight excluding hydrogens is 284 g/mol. The zero-order chi connectivity index (χ0) is 15.6. The van der Waals surface area contributed by atoms with Crippen LogP contribution in [-0.4, -0.2) is 44.7 Å². The van der Waals surface area contributed by atoms with E-state index in [1.54, 1.807) is 4.90 Å². The quantitative estimate of drug-likeness (QED) is 0.841. The Morgan fingerprint density at radius 1 is 1.40 bits per heavy atom. The minimum atomic E-state index is -3.91. The molecule has 1 aliphatic rings. The summed E-state index contributed by atoms with van der Waals surface area (Å²) in [5, 5.41) is 4.81. The van der Waals surface area contributed by atoms with E-state index in [4.69, 9.17) is 9.88 Å². The van der Waals surface area contributed by atoms with Crippen molar-refractivity contribution < 1.29 is 22.1 Å². The molecule has 0 aromatic heterocycles. The van der Waals surface area contributed by atoms with E-state index >= 15 is 0 Å². The molecule has 0 aliphatic carbocycles. The van der Waals surface area contributed by atoms with Gasteiger partial charge in [-0.05, 0) is 39.0 Å². The summed E-state index contributed by atoms with van der Waals surface area (Å²) in [5.74, 6) is 0.185. The lowest BCUT2D eigenvalue weighted by Gasteiger charge is -2.37. The molecule has 0 aromatic carbocycles. The normalized spacial score (nSPS) is 24.6. The van der Waals surface area contributed by atoms with Gasteiger partial charge in [-0.15, -0.1) is 0 Å². The molecule has 0 radical (unpaired) electrons. The lowest BCUT2D eigenvalue weighted by atomic mass is 9.88. The van der Waals surface area contributed by atoms with Crippen LogP contribution < -0.4 is 5.14 Å². The number of amides is 1. The Bertz CT molecular complexity index is 443. The number of carbonyl (C=O) groups excluding carboxylic acids is 1. The van der Waals surface area contributed by atoms with Crippen LogP contribution in [-0.2, 0) is 19.2 Å². The monoisotopic (exact) mass is 308 g/mol. The van der Waals surface area contributed by atoms with E-state index in [9.17, 15) is 13.2 Å². The number of likely N-dealkylation sites (tertiary alicyclic amines) is 1. The summed E-state index contributed by atoms with van der Waals surface area (Å²) in [4.78, 5) is 13.6. The molecule has 20 heavy (non-hydrogen) atoms. The number of ether oxygens (including phenoxy) is 1. The maximum atomic E-state index is 11.9. The number of nitrogens with two attached hydrogens (primary N) is 1. The summed E-state index contributed by atoms with van der Waals surface area (Å²) in [6.45, 7) is 8.52. The lowest BCUT2D eigenvalue weighted by molar-refractivity contribution is 0.00822. The van der Waals surface area contributed by atoms with Crippen LogP contribution in [0.2, 0.25) is 0 Å². The van der Waals surface area contributed by atoms with Crippen LogP contribution in [0.25, 0.3) is 0 Å². The molecule has 2 unspecified atom stereocenters. The van der Waals surface area contributed by atoms with Crippen molar-refractivity contribution in [1.29, 1.82) is 0 Å². The van der Waals surface area contributed by atoms with Gasteiger partial charge in [-0.2, -0.15) is 8.42 Å². The minimum Gasteiger partial charge on any atom is -0.444 e. The first kappa shape index (κ1) is 17.2. The summed E-state index contributed by atoms with van der Waals surface area (Å²) in [6.07, 6.45) is 0.325. The molecular formula is C12H24N2O5S. The third kappa shape index (κ3) is 6.06. The standard InChI is InChI=1S/C12H24N2O5S/c1-9-7-14(11(15)19-12(2,3)4)6-5-10(9)8-18-20(13,16)17/h9-10H,5-8H2,1-4H3,(H2,13,16,17). The van der Waals surface area contributed by atoms with Gasteiger partial charge >= 0.3 is 16.4 Å². The Balaban J connectivity index is 2.49. The van der Waals surface area contributed by atoms with Crippen LogP contribution in [0.4, 0.5) is 4.79 Å². The van der Waals surface area contributed by atoms with Crippen molar-refractivity contribution in [2.75, 3.05) is 19.7 Å². The Morgan fingerprint density at radius 3 is 2.45 bits per heavy atom. The zero-order valence-corrected chi connectivity index (χ0v) is 13.3. The Kier molecular flexibility index (Phi) is 5.39. The predicted octanol–water partition coefficient (Wildman–Crippen LogP) is 1.10. The van der Waals surface area contributed by atoms with E-state index in [0.29, 0.717) is 19.5 Å². The molecule has 7 nitrogen and oxygen atoms in total. The highest BCUT2D eigenvalue weighted by molar-refractivity contribution is 7.84. The number of nitrogens with zero attached hydrogens (tertiary/aromatic N) is 1. The number of piperidine rings is 1. The van der Waals surface area contributed by atoms with Gasteiger partial charge in [-0.25, -0.2) is 9.93 Å². The number of hydrogen-bond acceptors (Lipinski definition) is 5. The molecule has 0 bridgehead atoms. The lowest BCUT2D eigenvalue weighted by Crippen LogP contribution is -2.46. The average molecular weight is 308 g/mol. The van der Waals surface area contributed by atoms with Crippen molar-refractivity contribution in [3.8, 4) is 0 Å². The highest BCUT2D eigenvalue weighted by Gasteiger charge is 2.31. The Hall–Kier alpha value is -0.860. The van der Waals surface area contributed by atoms with Gasteiger partial charge in [0, 0.05) is 13.1 Å². The Morgan fingerprint density at radius 2 is 2.00 bits per heavy atom. The number of rotatable bonds is 3. The van der Waals surface area contributed by atoms with Crippen molar-refractivity contribution in [1.82, 2.24) is 4.90 Å². The first-order valence-corrected chi connectivity index (χ1v) is 8.10. The molecule has 1 amide bonds. The molecule has 118 valence electrons. The van der Waals surface area contributed by atoms with E-state index in [2.05, 4.69) is 4.18 Å². The molecule has 1 heterocycles. The van der Waals surface area contributed by atoms with E-state index < -0.39 is 15.9 Å². The van der Waals surface area contributed by atoms with Crippen LogP contribution in [0, 0.1) is 11.8 Å². The van der Waals surface area contributed by atoms with Crippen molar-refractivity contribution >= 4 is 16.4 Å². The fraction of sp³-hybridized carbons (Fsp3) is 0.917. The van der Waals surface area contributed by atoms with Crippen molar-refractivity contribution in [3.05, 3.63) is 0 Å². The Labute approximate surface area is 120 Å². The van der Waals surface area contributed by atoms with Crippen LogP contribution in [0.3, 0.4) is 0 Å². The van der Waals surface area contributed by atoms with Gasteiger partial charge in [0.2, 0.25) is 0 Å². The van der Waals surface area contributed by atoms with Crippen LogP contribution in [0.1, 0.15) is 34.1 Å². The number of carbonyl (C=O) groups is 1. The van der Waals surface area contributed by atoms with Gasteiger partial charge in [-0.3, -0.25) is 4.18 Å². The summed E-state index contributed by atoms with van der Waals surface area (Å²) < 4.78 is 31.5. The fourth-order valence-electron chi connectivity index (χ4n) is 2.12. The highest BCUT2D eigenvalue weighted by Crippen LogP contribution is 2.25. The minimum absolute atomic E-state index is 0.0577. The van der Waals surface area contributed by atoms with Gasteiger partial charge in [0.1, 0.15) is 5.60 Å². The zero-order valence-electron chi connectivity index (χ0n) is 12.5. The van der Waals surface area contributed by atoms with Gasteiger partial charge < -0.3 is 9.64 Å². The molecule has 2 atom stereocenters. The molecule has 1 rings (SSSR count). The van der Waals surface area contributed by atoms with E-state index in [1.807, 2.05) is 27.7 Å². The molecule has 0 saturated carbocycles. The van der Waals surface area contributed by atoms with E-state index in [-0.39, 0.29) is 24.5 Å². The average Bonchev–Trinajstić information content (AvgIpc) is 2.23. The second-order valence-corrected chi connectivity index (χ2v) is 7.45. The first-order chi connectivity index (χ1) is 8.98. The van der Waals surface area contributed by atoms with Gasteiger partial charge in [0.05, 0.1) is 6.61 Å². The van der Waals surface area contributed by atoms with Crippen LogP contribution >= 0.6 is 0 Å². The molecule has 2 N–H and O–H groups in total. The summed E-state index contributed by atoms with van der Waals surface area (Å²) in [7, 11) is -3.91. The van der Waals surface area contributed by atoms with Crippen molar-refractivity contribution in [2.45, 2.75) is 39.7 Å². The van der Waals surface area contributed by atoms with Crippen molar-refractivity contribution in [3.63, 3.8) is 0 Å². The molecule has 1 fully saturated rings. The third-order valence-corrected chi connectivity index (χ3v) is 3.65. The molecule has 1 aliphatic heterocycles. The molecule has 1 saturated heterocycles. The smallest absolute Gasteiger partial charge is 0.410 e. The summed E-state index contributed by atoms with van der Waals surface area (Å²) in [6, 6.07) is 0. The summed E-state index contributed by atoms with van der Waals surface area (Å²) >= 11 is 0. The second-order valence-electron chi connectivity index (χ2n) is 6.23. The van der Waals surface area contributed by atoms with E-state index in [0.717, 1.165) is 0 Å². The predicted molar refractivity (Wildman–Crippen MR) is 74.1 cm³/mol. The first-order valence-electron chi connectivity index (χ1n) is 6.63. The summed E-state index contributed by atoms with van der Waals surface area (Å²) in [5.41, 5.74) is -0.520. The van der Waals surface area contributed by atoms with Crippen LogP contribution in [0.5, 0.6) is 0 Å². The van der Waals surface area contributed by atoms with Crippen molar-refractivity contribution in [2.24, 2.45) is 17.0 Å². The van der Waals surface area contributed by atoms with E-state index in [1.165, 1.54) is 0 Å². The third-order valence-electron chi connectivity index (χ3n) is 3.18. The molecule has 8 heteroatoms. The molecule has 0 spiro atoms. The number of hydrogen-bond donors (Lipinski definition) is 1. The SMILES string of the molecule is CC1CN(C(=O)OC(C)(C)C)CCC1COS(N)(=O)=O. The molecule has 0 aromatic rings. The van der Waals surface area contributed by atoms with Gasteiger partial charge in [-0.1, -0.05) is 6.92 Å². The van der Waals surface area contributed by atoms with Gasteiger partial charge in [0.25, 0.3) is 0 Å².